The molecule has 0 spiro atoms. The number of rotatable bonds is 26. The number of carbonyl (C=O) groups is 2. The number of aliphatic hydroxyl groups excluding tert-OH is 2. The minimum absolute atomic E-state index is 0.129. The second-order valence-electron chi connectivity index (χ2n) is 9.40. The van der Waals surface area contributed by atoms with Gasteiger partial charge in [-0.1, -0.05) is 75.3 Å². The lowest BCUT2D eigenvalue weighted by Gasteiger charge is -2.20. The van der Waals surface area contributed by atoms with Gasteiger partial charge in [-0.3, -0.25) is 18.6 Å². The summed E-state index contributed by atoms with van der Waals surface area (Å²) in [5.74, 6) is -1.01. The molecule has 0 aromatic carbocycles. The monoisotopic (exact) mass is 602 g/mol. The number of hydrogen-bond acceptors (Lipinski definition) is 9. The van der Waals surface area contributed by atoms with E-state index in [1.807, 2.05) is 6.92 Å². The molecule has 11 heteroatoms. The van der Waals surface area contributed by atoms with Gasteiger partial charge in [0, 0.05) is 12.8 Å². The number of unbranched alkanes of at least 4 members (excludes halogenated alkanes) is 4. The summed E-state index contributed by atoms with van der Waals surface area (Å²) in [6.45, 7) is 1.95. The van der Waals surface area contributed by atoms with Crippen molar-refractivity contribution < 1.29 is 47.8 Å². The van der Waals surface area contributed by atoms with Gasteiger partial charge in [0.15, 0.2) is 6.10 Å². The van der Waals surface area contributed by atoms with Crippen molar-refractivity contribution in [2.75, 3.05) is 26.4 Å². The normalized spacial score (nSPS) is 15.1. The topological polar surface area (TPSA) is 149 Å². The molecule has 0 amide bonds. The summed E-state index contributed by atoms with van der Waals surface area (Å²) in [4.78, 5) is 34.1. The van der Waals surface area contributed by atoms with Gasteiger partial charge in [-0.15, -0.1) is 0 Å². The number of aliphatic hydroxyl groups is 2. The molecule has 0 bridgehead atoms. The van der Waals surface area contributed by atoms with Crippen LogP contribution in [-0.2, 0) is 32.7 Å². The summed E-state index contributed by atoms with van der Waals surface area (Å²) in [7, 11) is -4.60. The number of esters is 2. The fourth-order valence-corrected chi connectivity index (χ4v) is 4.00. The van der Waals surface area contributed by atoms with Gasteiger partial charge in [0.2, 0.25) is 0 Å². The second kappa shape index (κ2) is 26.8. The van der Waals surface area contributed by atoms with Gasteiger partial charge in [0.05, 0.1) is 19.8 Å². The fourth-order valence-electron chi connectivity index (χ4n) is 3.21. The van der Waals surface area contributed by atoms with Crippen molar-refractivity contribution in [1.29, 1.82) is 0 Å². The molecule has 0 aliphatic heterocycles. The lowest BCUT2D eigenvalue weighted by Crippen LogP contribution is -2.29. The lowest BCUT2D eigenvalue weighted by atomic mass is 10.2. The first-order valence-electron chi connectivity index (χ1n) is 14.6. The Balaban J connectivity index is 4.45. The van der Waals surface area contributed by atoms with Crippen LogP contribution in [0.25, 0.3) is 0 Å². The maximum Gasteiger partial charge on any atom is 0.472 e. The van der Waals surface area contributed by atoms with E-state index in [0.717, 1.165) is 51.4 Å². The molecule has 0 fully saturated rings. The number of ether oxygens (including phenoxy) is 2. The zero-order chi connectivity index (χ0) is 30.6. The van der Waals surface area contributed by atoms with Gasteiger partial charge in [0.25, 0.3) is 0 Å². The molecule has 0 aromatic rings. The van der Waals surface area contributed by atoms with Crippen LogP contribution in [0.2, 0.25) is 0 Å². The van der Waals surface area contributed by atoms with Crippen molar-refractivity contribution >= 4 is 19.8 Å². The molecule has 3 N–H and O–H groups in total. The largest absolute Gasteiger partial charge is 0.472 e. The van der Waals surface area contributed by atoms with Gasteiger partial charge < -0.3 is 24.6 Å². The van der Waals surface area contributed by atoms with Gasteiger partial charge in [-0.05, 0) is 51.4 Å². The van der Waals surface area contributed by atoms with E-state index in [2.05, 4.69) is 60.1 Å². The zero-order valence-corrected chi connectivity index (χ0v) is 25.6. The molecule has 0 saturated heterocycles. The van der Waals surface area contributed by atoms with E-state index in [0.29, 0.717) is 12.8 Å². The second-order valence-corrected chi connectivity index (χ2v) is 10.8. The van der Waals surface area contributed by atoms with Crippen LogP contribution in [0.4, 0.5) is 0 Å². The Morgan fingerprint density at radius 2 is 1.32 bits per heavy atom. The average molecular weight is 603 g/mol. The van der Waals surface area contributed by atoms with Crippen molar-refractivity contribution in [3.05, 3.63) is 48.6 Å². The molecule has 0 radical (unpaired) electrons. The minimum atomic E-state index is -4.60. The molecular weight excluding hydrogens is 551 g/mol. The van der Waals surface area contributed by atoms with Crippen LogP contribution in [0.5, 0.6) is 0 Å². The van der Waals surface area contributed by atoms with Gasteiger partial charge in [0.1, 0.15) is 12.7 Å². The Morgan fingerprint density at radius 1 is 0.756 bits per heavy atom. The first-order valence-corrected chi connectivity index (χ1v) is 16.1. The lowest BCUT2D eigenvalue weighted by molar-refractivity contribution is -0.161. The summed E-state index contributed by atoms with van der Waals surface area (Å²) >= 11 is 0. The van der Waals surface area contributed by atoms with E-state index in [9.17, 15) is 24.2 Å². The Kier molecular flexibility index (Phi) is 25.5. The van der Waals surface area contributed by atoms with E-state index in [4.69, 9.17) is 19.1 Å². The predicted molar refractivity (Wildman–Crippen MR) is 159 cm³/mol. The molecule has 3 unspecified atom stereocenters. The molecule has 0 aliphatic rings. The maximum absolute atomic E-state index is 12.3. The van der Waals surface area contributed by atoms with Crippen LogP contribution in [0.3, 0.4) is 0 Å². The fraction of sp³-hybridized carbons (Fsp3) is 0.667. The van der Waals surface area contributed by atoms with Crippen molar-refractivity contribution in [3.8, 4) is 0 Å². The van der Waals surface area contributed by atoms with Crippen molar-refractivity contribution in [1.82, 2.24) is 0 Å². The maximum atomic E-state index is 12.3. The highest BCUT2D eigenvalue weighted by Crippen LogP contribution is 2.43. The van der Waals surface area contributed by atoms with Crippen LogP contribution < -0.4 is 0 Å². The van der Waals surface area contributed by atoms with Crippen LogP contribution in [0.1, 0.15) is 90.9 Å². The number of carbonyl (C=O) groups excluding carboxylic acids is 2. The molecule has 3 atom stereocenters. The number of allylic oxidation sites excluding steroid dienone is 8. The van der Waals surface area contributed by atoms with E-state index in [-0.39, 0.29) is 19.4 Å². The van der Waals surface area contributed by atoms with Crippen molar-refractivity contribution in [3.63, 3.8) is 0 Å². The first-order chi connectivity index (χ1) is 19.7. The summed E-state index contributed by atoms with van der Waals surface area (Å²) in [6, 6.07) is 0. The Morgan fingerprint density at radius 3 is 1.93 bits per heavy atom. The zero-order valence-electron chi connectivity index (χ0n) is 24.7. The molecule has 0 rings (SSSR count). The van der Waals surface area contributed by atoms with Gasteiger partial charge in [-0.2, -0.15) is 0 Å². The highest BCUT2D eigenvalue weighted by Gasteiger charge is 2.27. The number of phosphoric ester groups is 1. The van der Waals surface area contributed by atoms with E-state index >= 15 is 0 Å². The molecular formula is C30H51O10P. The average Bonchev–Trinajstić information content (AvgIpc) is 2.95. The van der Waals surface area contributed by atoms with E-state index < -0.39 is 51.8 Å². The number of hydrogen-bond donors (Lipinski definition) is 3. The summed E-state index contributed by atoms with van der Waals surface area (Å²) in [6.07, 6.45) is 23.4. The first kappa shape index (κ1) is 38.9. The summed E-state index contributed by atoms with van der Waals surface area (Å²) in [5.41, 5.74) is 0. The van der Waals surface area contributed by atoms with Crippen LogP contribution in [0.15, 0.2) is 48.6 Å². The molecule has 0 saturated carbocycles. The van der Waals surface area contributed by atoms with Crippen LogP contribution in [0, 0.1) is 0 Å². The quantitative estimate of drug-likeness (QED) is 0.0475. The van der Waals surface area contributed by atoms with E-state index in [1.54, 1.807) is 0 Å². The van der Waals surface area contributed by atoms with Crippen LogP contribution >= 0.6 is 7.82 Å². The van der Waals surface area contributed by atoms with Gasteiger partial charge >= 0.3 is 19.8 Å². The van der Waals surface area contributed by atoms with Crippen molar-refractivity contribution in [2.24, 2.45) is 0 Å². The van der Waals surface area contributed by atoms with Gasteiger partial charge in [-0.25, -0.2) is 4.57 Å². The minimum Gasteiger partial charge on any atom is -0.462 e. The van der Waals surface area contributed by atoms with Crippen molar-refractivity contribution in [2.45, 2.75) is 103 Å². The Hall–Kier alpha value is -2.07. The third-order valence-corrected chi connectivity index (χ3v) is 6.45. The van der Waals surface area contributed by atoms with E-state index in [1.165, 1.54) is 0 Å². The standard InChI is InChI=1S/C30H51O10P/c1-3-5-7-8-9-10-11-12-13-14-15-16-17-18-20-22-30(34)40-28(25-37-29(33)21-19-6-4-2)26-39-41(35,36)38-24-27(32)23-31/h5,7,9-10,12-13,15-16,27-28,31-32H,3-4,6,8,11,14,17-26H2,1-2H3,(H,35,36)/b7-5-,10-9-,13-12-,16-15-. The highest BCUT2D eigenvalue weighted by molar-refractivity contribution is 7.47. The summed E-state index contributed by atoms with van der Waals surface area (Å²) < 4.78 is 32.0. The third-order valence-electron chi connectivity index (χ3n) is 5.50. The third kappa shape index (κ3) is 26.6. The highest BCUT2D eigenvalue weighted by atomic mass is 31.2. The Labute approximate surface area is 245 Å². The predicted octanol–water partition coefficient (Wildman–Crippen LogP) is 5.87. The Bertz CT molecular complexity index is 837. The SMILES string of the molecule is CC/C=C\C/C=C\C/C=C\C/C=C\CCCCC(=O)OC(COC(=O)CCCCC)COP(=O)(O)OCC(O)CO. The summed E-state index contributed by atoms with van der Waals surface area (Å²) in [5, 5.41) is 18.1. The molecule has 10 nitrogen and oxygen atoms in total. The molecule has 0 heterocycles. The molecule has 0 aliphatic carbocycles. The molecule has 236 valence electrons. The van der Waals surface area contributed by atoms with Crippen LogP contribution in [-0.4, -0.2) is 65.7 Å². The smallest absolute Gasteiger partial charge is 0.462 e. The molecule has 0 aromatic heterocycles. The molecule has 41 heavy (non-hydrogen) atoms. The number of phosphoric acid groups is 1.